The third-order valence-corrected chi connectivity index (χ3v) is 5.50. The van der Waals surface area contributed by atoms with Crippen molar-refractivity contribution in [2.24, 2.45) is 0 Å². The monoisotopic (exact) mass is 395 g/mol. The number of carbonyl (C=O) groups is 1. The number of methoxy groups -OCH3 is 1. The summed E-state index contributed by atoms with van der Waals surface area (Å²) in [6.07, 6.45) is 0. The van der Waals surface area contributed by atoms with Crippen LogP contribution in [0.25, 0.3) is 5.69 Å². The van der Waals surface area contributed by atoms with Gasteiger partial charge in [-0.1, -0.05) is 0 Å². The Hall–Kier alpha value is -2.93. The van der Waals surface area contributed by atoms with Crippen LogP contribution in [-0.4, -0.2) is 29.4 Å². The van der Waals surface area contributed by atoms with Gasteiger partial charge >= 0.3 is 0 Å². The number of nitrogens with zero attached hydrogens (tertiary/aromatic N) is 2. The molecule has 0 bridgehead atoms. The quantitative estimate of drug-likeness (QED) is 0.675. The number of fused-ring (bicyclic) bond motifs is 1. The number of ether oxygens (including phenoxy) is 2. The van der Waals surface area contributed by atoms with Crippen LogP contribution >= 0.6 is 11.8 Å². The fourth-order valence-electron chi connectivity index (χ4n) is 3.10. The molecular formula is C21H21N3O3S. The highest BCUT2D eigenvalue weighted by Crippen LogP contribution is 2.36. The van der Waals surface area contributed by atoms with Gasteiger partial charge in [-0.15, -0.1) is 0 Å². The molecule has 0 saturated heterocycles. The van der Waals surface area contributed by atoms with Crippen LogP contribution in [0.15, 0.2) is 48.5 Å². The molecule has 0 radical (unpaired) electrons. The number of thioether (sulfide) groups is 1. The molecular weight excluding hydrogens is 374 g/mol. The summed E-state index contributed by atoms with van der Waals surface area (Å²) >= 11 is 1.80. The van der Waals surface area contributed by atoms with E-state index in [1.807, 2.05) is 31.2 Å². The summed E-state index contributed by atoms with van der Waals surface area (Å²) < 4.78 is 12.5. The predicted molar refractivity (Wildman–Crippen MR) is 111 cm³/mol. The summed E-state index contributed by atoms with van der Waals surface area (Å²) in [6.45, 7) is 2.52. The number of benzene rings is 2. The minimum Gasteiger partial charge on any atom is -0.497 e. The van der Waals surface area contributed by atoms with Crippen LogP contribution in [0.3, 0.4) is 0 Å². The van der Waals surface area contributed by atoms with Gasteiger partial charge in [-0.3, -0.25) is 4.79 Å². The number of hydrogen-bond donors (Lipinski definition) is 1. The third kappa shape index (κ3) is 3.57. The van der Waals surface area contributed by atoms with Gasteiger partial charge in [0.25, 0.3) is 5.91 Å². The van der Waals surface area contributed by atoms with E-state index in [4.69, 9.17) is 14.6 Å². The van der Waals surface area contributed by atoms with Crippen LogP contribution in [0, 0.1) is 0 Å². The van der Waals surface area contributed by atoms with E-state index in [1.54, 1.807) is 47.8 Å². The molecule has 0 fully saturated rings. The average Bonchev–Trinajstić information content (AvgIpc) is 3.31. The molecule has 1 N–H and O–H groups in total. The molecule has 6 nitrogen and oxygen atoms in total. The second-order valence-corrected chi connectivity index (χ2v) is 7.27. The van der Waals surface area contributed by atoms with E-state index in [0.717, 1.165) is 45.8 Å². The van der Waals surface area contributed by atoms with Crippen molar-refractivity contribution in [3.05, 3.63) is 65.4 Å². The fraction of sp³-hybridized carbons (Fsp3) is 0.238. The van der Waals surface area contributed by atoms with Gasteiger partial charge in [0.05, 0.1) is 25.1 Å². The lowest BCUT2D eigenvalue weighted by Crippen LogP contribution is -2.16. The van der Waals surface area contributed by atoms with Crippen molar-refractivity contribution in [2.75, 3.05) is 19.0 Å². The molecule has 2 heterocycles. The lowest BCUT2D eigenvalue weighted by atomic mass is 10.2. The molecule has 4 rings (SSSR count). The highest BCUT2D eigenvalue weighted by molar-refractivity contribution is 7.98. The molecule has 0 spiro atoms. The zero-order valence-corrected chi connectivity index (χ0v) is 16.6. The minimum absolute atomic E-state index is 0.169. The van der Waals surface area contributed by atoms with Gasteiger partial charge < -0.3 is 14.8 Å². The van der Waals surface area contributed by atoms with Crippen molar-refractivity contribution in [3.63, 3.8) is 0 Å². The second kappa shape index (κ2) is 7.98. The van der Waals surface area contributed by atoms with Crippen LogP contribution in [-0.2, 0) is 11.5 Å². The first-order valence-electron chi connectivity index (χ1n) is 9.06. The molecule has 28 heavy (non-hydrogen) atoms. The van der Waals surface area contributed by atoms with Gasteiger partial charge in [0.15, 0.2) is 0 Å². The topological polar surface area (TPSA) is 65.4 Å². The molecule has 0 saturated carbocycles. The lowest BCUT2D eigenvalue weighted by Gasteiger charge is -2.12. The first-order valence-corrected chi connectivity index (χ1v) is 10.2. The van der Waals surface area contributed by atoms with Crippen molar-refractivity contribution < 1.29 is 14.3 Å². The van der Waals surface area contributed by atoms with Crippen LogP contribution < -0.4 is 14.8 Å². The second-order valence-electron chi connectivity index (χ2n) is 6.29. The molecule has 1 aromatic heterocycles. The van der Waals surface area contributed by atoms with E-state index < -0.39 is 0 Å². The van der Waals surface area contributed by atoms with Gasteiger partial charge in [0, 0.05) is 22.6 Å². The minimum atomic E-state index is -0.169. The molecule has 1 aliphatic rings. The standard InChI is InChI=1S/C21H21N3O3S/c1-3-27-17-8-4-14(5-9-17)21(25)22-20-18-12-28-13-19(18)23-24(20)15-6-10-16(26-2)11-7-15/h4-11H,3,12-13H2,1-2H3,(H,22,25). The van der Waals surface area contributed by atoms with E-state index in [-0.39, 0.29) is 5.91 Å². The van der Waals surface area contributed by atoms with Gasteiger partial charge in [0.2, 0.25) is 0 Å². The third-order valence-electron chi connectivity index (χ3n) is 4.53. The Morgan fingerprint density at radius 2 is 1.82 bits per heavy atom. The first-order chi connectivity index (χ1) is 13.7. The molecule has 0 unspecified atom stereocenters. The van der Waals surface area contributed by atoms with Crippen molar-refractivity contribution in [1.82, 2.24) is 9.78 Å². The number of aromatic nitrogens is 2. The summed E-state index contributed by atoms with van der Waals surface area (Å²) in [5.41, 5.74) is 3.55. The van der Waals surface area contributed by atoms with Gasteiger partial charge in [0.1, 0.15) is 17.3 Å². The SMILES string of the molecule is CCOc1ccc(C(=O)Nc2c3c(nn2-c2ccc(OC)cc2)CSC3)cc1. The Kier molecular flexibility index (Phi) is 5.25. The number of rotatable bonds is 6. The van der Waals surface area contributed by atoms with E-state index >= 15 is 0 Å². The maximum Gasteiger partial charge on any atom is 0.256 e. The number of hydrogen-bond acceptors (Lipinski definition) is 5. The molecule has 2 aromatic carbocycles. The van der Waals surface area contributed by atoms with Crippen molar-refractivity contribution in [1.29, 1.82) is 0 Å². The van der Waals surface area contributed by atoms with Gasteiger partial charge in [-0.05, 0) is 55.5 Å². The predicted octanol–water partition coefficient (Wildman–Crippen LogP) is 4.28. The molecule has 0 aliphatic carbocycles. The molecule has 0 atom stereocenters. The van der Waals surface area contributed by atoms with Crippen molar-refractivity contribution in [3.8, 4) is 17.2 Å². The molecule has 1 aliphatic heterocycles. The summed E-state index contributed by atoms with van der Waals surface area (Å²) in [7, 11) is 1.64. The molecule has 3 aromatic rings. The van der Waals surface area contributed by atoms with Crippen LogP contribution in [0.5, 0.6) is 11.5 Å². The number of anilines is 1. The van der Waals surface area contributed by atoms with E-state index in [2.05, 4.69) is 5.32 Å². The highest BCUT2D eigenvalue weighted by Gasteiger charge is 2.25. The lowest BCUT2D eigenvalue weighted by molar-refractivity contribution is 0.102. The maximum atomic E-state index is 12.8. The van der Waals surface area contributed by atoms with Gasteiger partial charge in [-0.25, -0.2) is 4.68 Å². The Morgan fingerprint density at radius 1 is 1.11 bits per heavy atom. The van der Waals surface area contributed by atoms with E-state index in [1.165, 1.54) is 0 Å². The van der Waals surface area contributed by atoms with Gasteiger partial charge in [-0.2, -0.15) is 16.9 Å². The highest BCUT2D eigenvalue weighted by atomic mass is 32.2. The Bertz CT molecular complexity index is 981. The fourth-order valence-corrected chi connectivity index (χ4v) is 4.14. The summed E-state index contributed by atoms with van der Waals surface area (Å²) in [5, 5.41) is 7.78. The van der Waals surface area contributed by atoms with Crippen LogP contribution in [0.2, 0.25) is 0 Å². The first kappa shape index (κ1) is 18.4. The van der Waals surface area contributed by atoms with Crippen molar-refractivity contribution in [2.45, 2.75) is 18.4 Å². The van der Waals surface area contributed by atoms with Crippen LogP contribution in [0.1, 0.15) is 28.5 Å². The zero-order valence-electron chi connectivity index (χ0n) is 15.8. The molecule has 7 heteroatoms. The maximum absolute atomic E-state index is 12.8. The molecule has 144 valence electrons. The van der Waals surface area contributed by atoms with E-state index in [9.17, 15) is 4.79 Å². The van der Waals surface area contributed by atoms with Crippen molar-refractivity contribution >= 4 is 23.5 Å². The number of carbonyl (C=O) groups excluding carboxylic acids is 1. The summed E-state index contributed by atoms with van der Waals surface area (Å²) in [4.78, 5) is 12.8. The normalized spacial score (nSPS) is 12.5. The van der Waals surface area contributed by atoms with E-state index in [0.29, 0.717) is 12.2 Å². The zero-order chi connectivity index (χ0) is 19.5. The Labute approximate surface area is 167 Å². The number of nitrogens with one attached hydrogen (secondary N) is 1. The molecule has 1 amide bonds. The largest absolute Gasteiger partial charge is 0.497 e. The van der Waals surface area contributed by atoms with Crippen LogP contribution in [0.4, 0.5) is 5.82 Å². The Morgan fingerprint density at radius 3 is 2.50 bits per heavy atom. The summed E-state index contributed by atoms with van der Waals surface area (Å²) in [6, 6.07) is 14.8. The summed E-state index contributed by atoms with van der Waals surface area (Å²) in [5.74, 6) is 3.77. The average molecular weight is 395 g/mol. The smallest absolute Gasteiger partial charge is 0.256 e. The number of amides is 1. The Balaban J connectivity index is 1.63.